The summed E-state index contributed by atoms with van der Waals surface area (Å²) in [5, 5.41) is 4.20. The smallest absolute Gasteiger partial charge is 0.217 e. The molecular formula is C13H15BrN4O. The summed E-state index contributed by atoms with van der Waals surface area (Å²) in [7, 11) is 0. The van der Waals surface area contributed by atoms with E-state index >= 15 is 0 Å². The lowest BCUT2D eigenvalue weighted by molar-refractivity contribution is -0.118. The highest BCUT2D eigenvalue weighted by atomic mass is 79.9. The number of hydrogen-bond acceptors (Lipinski definition) is 4. The number of nitrogens with zero attached hydrogens (tertiary/aromatic N) is 1. The summed E-state index contributed by atoms with van der Waals surface area (Å²) in [5.74, 6) is -0.294. The zero-order valence-corrected chi connectivity index (χ0v) is 11.9. The average molecular weight is 323 g/mol. The molecule has 0 radical (unpaired) electrons. The second-order valence-corrected chi connectivity index (χ2v) is 5.16. The van der Waals surface area contributed by atoms with Crippen LogP contribution in [0.25, 0.3) is 10.9 Å². The topological polar surface area (TPSA) is 94.0 Å². The predicted molar refractivity (Wildman–Crippen MR) is 80.8 cm³/mol. The lowest BCUT2D eigenvalue weighted by Crippen LogP contribution is -2.13. The van der Waals surface area contributed by atoms with Gasteiger partial charge < -0.3 is 16.8 Å². The van der Waals surface area contributed by atoms with E-state index < -0.39 is 0 Å². The van der Waals surface area contributed by atoms with Gasteiger partial charge in [0.1, 0.15) is 0 Å². The number of carbonyl (C=O) groups excluding carboxylic acids is 1. The number of amides is 1. The Morgan fingerprint density at radius 1 is 1.42 bits per heavy atom. The summed E-state index contributed by atoms with van der Waals surface area (Å²) < 4.78 is 0.965. The fourth-order valence-corrected chi connectivity index (χ4v) is 2.21. The van der Waals surface area contributed by atoms with Crippen LogP contribution in [-0.4, -0.2) is 17.4 Å². The Morgan fingerprint density at radius 3 is 2.95 bits per heavy atom. The minimum Gasteiger partial charge on any atom is -0.396 e. The van der Waals surface area contributed by atoms with Gasteiger partial charge in [-0.05, 0) is 24.6 Å². The molecule has 0 saturated carbocycles. The van der Waals surface area contributed by atoms with Crippen LogP contribution in [0.1, 0.15) is 12.8 Å². The Labute approximate surface area is 119 Å². The molecule has 0 bridgehead atoms. The summed E-state index contributed by atoms with van der Waals surface area (Å²) in [5.41, 5.74) is 13.4. The lowest BCUT2D eigenvalue weighted by Gasteiger charge is -2.12. The molecule has 0 spiro atoms. The molecule has 0 unspecified atom stereocenters. The van der Waals surface area contributed by atoms with Gasteiger partial charge in [0.05, 0.1) is 23.1 Å². The fraction of sp³-hybridized carbons (Fsp3) is 0.231. The second-order valence-electron chi connectivity index (χ2n) is 4.25. The standard InChI is InChI=1S/C13H15BrN4O/c14-8-3-4-11-9(6-8)13(10(15)7-18-11)17-5-1-2-12(16)19/h3-4,6-7H,1-2,5,15H2,(H2,16,19)(H,17,18). The van der Waals surface area contributed by atoms with Crippen molar-refractivity contribution in [1.29, 1.82) is 0 Å². The molecule has 0 aliphatic carbocycles. The van der Waals surface area contributed by atoms with Crippen LogP contribution >= 0.6 is 15.9 Å². The van der Waals surface area contributed by atoms with E-state index in [-0.39, 0.29) is 5.91 Å². The predicted octanol–water partition coefficient (Wildman–Crippen LogP) is 2.26. The van der Waals surface area contributed by atoms with Crippen molar-refractivity contribution in [2.75, 3.05) is 17.6 Å². The molecule has 5 nitrogen and oxygen atoms in total. The van der Waals surface area contributed by atoms with E-state index in [1.54, 1.807) is 6.20 Å². The van der Waals surface area contributed by atoms with Gasteiger partial charge in [-0.25, -0.2) is 0 Å². The fourth-order valence-electron chi connectivity index (χ4n) is 1.85. The first-order chi connectivity index (χ1) is 9.08. The first-order valence-electron chi connectivity index (χ1n) is 5.94. The highest BCUT2D eigenvalue weighted by Gasteiger charge is 2.07. The van der Waals surface area contributed by atoms with Crippen molar-refractivity contribution < 1.29 is 4.79 Å². The van der Waals surface area contributed by atoms with Crippen molar-refractivity contribution in [3.8, 4) is 0 Å². The number of nitrogens with two attached hydrogens (primary N) is 2. The van der Waals surface area contributed by atoms with Gasteiger partial charge in [0, 0.05) is 22.8 Å². The SMILES string of the molecule is NC(=O)CCCNc1c(N)cnc2ccc(Br)cc12. The monoisotopic (exact) mass is 322 g/mol. The quantitative estimate of drug-likeness (QED) is 0.736. The first kappa shape index (κ1) is 13.6. The van der Waals surface area contributed by atoms with Gasteiger partial charge in [0.2, 0.25) is 5.91 Å². The number of anilines is 2. The largest absolute Gasteiger partial charge is 0.396 e. The van der Waals surface area contributed by atoms with Crippen LogP contribution in [0.15, 0.2) is 28.9 Å². The van der Waals surface area contributed by atoms with Crippen LogP contribution in [0, 0.1) is 0 Å². The van der Waals surface area contributed by atoms with E-state index in [1.165, 1.54) is 0 Å². The zero-order chi connectivity index (χ0) is 13.8. The maximum absolute atomic E-state index is 10.7. The number of nitrogen functional groups attached to an aromatic ring is 1. The van der Waals surface area contributed by atoms with Crippen LogP contribution < -0.4 is 16.8 Å². The minimum atomic E-state index is -0.294. The van der Waals surface area contributed by atoms with E-state index in [1.807, 2.05) is 18.2 Å². The Balaban J connectivity index is 2.23. The van der Waals surface area contributed by atoms with Crippen LogP contribution in [0.3, 0.4) is 0 Å². The first-order valence-corrected chi connectivity index (χ1v) is 6.73. The van der Waals surface area contributed by atoms with Crippen molar-refractivity contribution in [2.24, 2.45) is 5.73 Å². The summed E-state index contributed by atoms with van der Waals surface area (Å²) in [6.07, 6.45) is 2.67. The number of benzene rings is 1. The Hall–Kier alpha value is -1.82. The van der Waals surface area contributed by atoms with E-state index in [9.17, 15) is 4.79 Å². The summed E-state index contributed by atoms with van der Waals surface area (Å²) in [6.45, 7) is 0.638. The Morgan fingerprint density at radius 2 is 2.21 bits per heavy atom. The Bertz CT molecular complexity index is 610. The second kappa shape index (κ2) is 5.88. The molecular weight excluding hydrogens is 308 g/mol. The van der Waals surface area contributed by atoms with Crippen LogP contribution in [0.5, 0.6) is 0 Å². The number of fused-ring (bicyclic) bond motifs is 1. The number of hydrogen-bond donors (Lipinski definition) is 3. The number of nitrogens with one attached hydrogen (secondary N) is 1. The van der Waals surface area contributed by atoms with Crippen molar-refractivity contribution in [3.63, 3.8) is 0 Å². The molecule has 0 atom stereocenters. The molecule has 0 saturated heterocycles. The molecule has 19 heavy (non-hydrogen) atoms. The molecule has 1 aromatic carbocycles. The van der Waals surface area contributed by atoms with Crippen LogP contribution in [0.2, 0.25) is 0 Å². The number of carbonyl (C=O) groups is 1. The summed E-state index contributed by atoms with van der Waals surface area (Å²) in [6, 6.07) is 5.82. The van der Waals surface area contributed by atoms with Crippen molar-refractivity contribution in [2.45, 2.75) is 12.8 Å². The maximum Gasteiger partial charge on any atom is 0.217 e. The van der Waals surface area contributed by atoms with Gasteiger partial charge >= 0.3 is 0 Å². The van der Waals surface area contributed by atoms with Gasteiger partial charge in [0.25, 0.3) is 0 Å². The van der Waals surface area contributed by atoms with E-state index in [0.29, 0.717) is 25.1 Å². The van der Waals surface area contributed by atoms with Crippen molar-refractivity contribution in [1.82, 2.24) is 4.98 Å². The number of pyridine rings is 1. The van der Waals surface area contributed by atoms with E-state index in [4.69, 9.17) is 11.5 Å². The molecule has 0 aliphatic rings. The lowest BCUT2D eigenvalue weighted by atomic mass is 10.1. The van der Waals surface area contributed by atoms with Crippen molar-refractivity contribution in [3.05, 3.63) is 28.9 Å². The normalized spacial score (nSPS) is 10.6. The molecule has 6 heteroatoms. The maximum atomic E-state index is 10.7. The van der Waals surface area contributed by atoms with Gasteiger partial charge in [-0.3, -0.25) is 9.78 Å². The number of halogens is 1. The van der Waals surface area contributed by atoms with Crippen molar-refractivity contribution >= 4 is 44.1 Å². The molecule has 100 valence electrons. The minimum absolute atomic E-state index is 0.294. The molecule has 0 fully saturated rings. The van der Waals surface area contributed by atoms with Gasteiger partial charge in [-0.1, -0.05) is 15.9 Å². The molecule has 2 aromatic rings. The highest BCUT2D eigenvalue weighted by Crippen LogP contribution is 2.29. The number of rotatable bonds is 5. The zero-order valence-electron chi connectivity index (χ0n) is 10.3. The summed E-state index contributed by atoms with van der Waals surface area (Å²) >= 11 is 3.43. The number of aromatic nitrogens is 1. The van der Waals surface area contributed by atoms with Gasteiger partial charge in [-0.15, -0.1) is 0 Å². The van der Waals surface area contributed by atoms with E-state index in [0.717, 1.165) is 21.1 Å². The third-order valence-electron chi connectivity index (χ3n) is 2.76. The van der Waals surface area contributed by atoms with Crippen LogP contribution in [0.4, 0.5) is 11.4 Å². The number of primary amides is 1. The van der Waals surface area contributed by atoms with Gasteiger partial charge in [0.15, 0.2) is 0 Å². The van der Waals surface area contributed by atoms with E-state index in [2.05, 4.69) is 26.2 Å². The van der Waals surface area contributed by atoms with Crippen LogP contribution in [-0.2, 0) is 4.79 Å². The molecule has 5 N–H and O–H groups in total. The van der Waals surface area contributed by atoms with Gasteiger partial charge in [-0.2, -0.15) is 0 Å². The highest BCUT2D eigenvalue weighted by molar-refractivity contribution is 9.10. The average Bonchev–Trinajstić information content (AvgIpc) is 2.36. The molecule has 2 rings (SSSR count). The third-order valence-corrected chi connectivity index (χ3v) is 3.25. The molecule has 1 amide bonds. The summed E-state index contributed by atoms with van der Waals surface area (Å²) in [4.78, 5) is 15.0. The third kappa shape index (κ3) is 3.35. The Kier molecular flexibility index (Phi) is 4.21. The molecule has 1 aromatic heterocycles. The molecule has 0 aliphatic heterocycles. The molecule has 1 heterocycles.